The van der Waals surface area contributed by atoms with Crippen molar-refractivity contribution in [3.05, 3.63) is 0 Å². The van der Waals surface area contributed by atoms with Gasteiger partial charge in [0.2, 0.25) is 0 Å². The van der Waals surface area contributed by atoms with Gasteiger partial charge in [0.05, 0.1) is 6.61 Å². The zero-order chi connectivity index (χ0) is 11.9. The molecule has 0 aromatic carbocycles. The first kappa shape index (κ1) is 12.2. The van der Waals surface area contributed by atoms with E-state index in [9.17, 15) is 10.2 Å². The molecule has 0 aliphatic carbocycles. The topological polar surface area (TPSA) is 97.6 Å². The molecule has 2 aliphatic rings. The zero-order valence-corrected chi connectivity index (χ0v) is 9.07. The van der Waals surface area contributed by atoms with Gasteiger partial charge in [-0.2, -0.15) is 0 Å². The Morgan fingerprint density at radius 3 is 2.50 bits per heavy atom. The van der Waals surface area contributed by atoms with Gasteiger partial charge in [-0.05, 0) is 0 Å². The van der Waals surface area contributed by atoms with Crippen LogP contribution in [0.2, 0.25) is 0 Å². The van der Waals surface area contributed by atoms with Gasteiger partial charge in [-0.15, -0.1) is 0 Å². The van der Waals surface area contributed by atoms with Gasteiger partial charge in [0.1, 0.15) is 24.4 Å². The van der Waals surface area contributed by atoms with Crippen LogP contribution in [0, 0.1) is 0 Å². The molecule has 2 saturated heterocycles. The minimum atomic E-state index is -1.31. The minimum Gasteiger partial charge on any atom is -0.394 e. The fourth-order valence-electron chi connectivity index (χ4n) is 1.86. The second kappa shape index (κ2) is 4.19. The highest BCUT2D eigenvalue weighted by Gasteiger charge is 2.55. The Hall–Kier alpha value is -0.280. The predicted molar refractivity (Wildman–Crippen MR) is 49.1 cm³/mol. The van der Waals surface area contributed by atoms with E-state index in [0.29, 0.717) is 0 Å². The molecule has 0 saturated carbocycles. The van der Waals surface area contributed by atoms with E-state index in [4.69, 9.17) is 24.1 Å². The lowest BCUT2D eigenvalue weighted by atomic mass is 9.99. The Labute approximate surface area is 92.5 Å². The van der Waals surface area contributed by atoms with Gasteiger partial charge >= 0.3 is 0 Å². The molecule has 94 valence electrons. The molecular formula is C9H16O7. The van der Waals surface area contributed by atoms with Crippen molar-refractivity contribution >= 4 is 0 Å². The molecule has 0 radical (unpaired) electrons. The molecule has 2 fully saturated rings. The van der Waals surface area contributed by atoms with Gasteiger partial charge < -0.3 is 29.5 Å². The van der Waals surface area contributed by atoms with Crippen LogP contribution in [-0.4, -0.2) is 65.7 Å². The largest absolute Gasteiger partial charge is 0.394 e. The van der Waals surface area contributed by atoms with E-state index >= 15 is 0 Å². The first-order valence-corrected chi connectivity index (χ1v) is 5.04. The Morgan fingerprint density at radius 1 is 1.25 bits per heavy atom. The molecule has 0 spiro atoms. The molecule has 16 heavy (non-hydrogen) atoms. The first-order chi connectivity index (χ1) is 7.50. The molecular weight excluding hydrogens is 220 g/mol. The Morgan fingerprint density at radius 2 is 1.94 bits per heavy atom. The van der Waals surface area contributed by atoms with Crippen molar-refractivity contribution in [1.82, 2.24) is 0 Å². The van der Waals surface area contributed by atoms with Crippen molar-refractivity contribution in [3.8, 4) is 0 Å². The zero-order valence-electron chi connectivity index (χ0n) is 9.07. The molecule has 3 N–H and O–H groups in total. The van der Waals surface area contributed by atoms with Gasteiger partial charge in [0.25, 0.3) is 5.97 Å². The lowest BCUT2D eigenvalue weighted by Gasteiger charge is -2.36. The maximum atomic E-state index is 9.78. The molecule has 6 atom stereocenters. The van der Waals surface area contributed by atoms with Crippen molar-refractivity contribution in [1.29, 1.82) is 0 Å². The summed E-state index contributed by atoms with van der Waals surface area (Å²) >= 11 is 0. The van der Waals surface area contributed by atoms with Gasteiger partial charge in [0.15, 0.2) is 6.29 Å². The Kier molecular flexibility index (Phi) is 3.19. The monoisotopic (exact) mass is 236 g/mol. The maximum absolute atomic E-state index is 9.78. The lowest BCUT2D eigenvalue weighted by molar-refractivity contribution is -0.334. The summed E-state index contributed by atoms with van der Waals surface area (Å²) in [6.07, 6.45) is -4.98. The van der Waals surface area contributed by atoms with Gasteiger partial charge in [-0.25, -0.2) is 0 Å². The number of aliphatic hydroxyl groups excluding tert-OH is 3. The summed E-state index contributed by atoms with van der Waals surface area (Å²) in [6.45, 7) is 1.12. The standard InChI is InChI=1S/C9H16O7/c1-9(13-2)15-7-6(12)5(11)4(3-10)14-8(7)16-9/h4-8,10-12H,3H2,1-2H3/t4-,5+,6+,7-,8-,9+/m1/s1. The molecule has 0 aromatic rings. The second-order valence-electron chi connectivity index (χ2n) is 3.97. The fraction of sp³-hybridized carbons (Fsp3) is 1.00. The average Bonchev–Trinajstić information content (AvgIpc) is 2.62. The van der Waals surface area contributed by atoms with Crippen LogP contribution < -0.4 is 0 Å². The van der Waals surface area contributed by atoms with E-state index in [1.165, 1.54) is 14.0 Å². The molecule has 2 rings (SSSR count). The fourth-order valence-corrected chi connectivity index (χ4v) is 1.86. The van der Waals surface area contributed by atoms with Crippen molar-refractivity contribution in [2.45, 2.75) is 43.6 Å². The number of aliphatic hydroxyl groups is 3. The second-order valence-corrected chi connectivity index (χ2v) is 3.97. The highest BCUT2D eigenvalue weighted by Crippen LogP contribution is 2.36. The third-order valence-electron chi connectivity index (χ3n) is 2.88. The van der Waals surface area contributed by atoms with Crippen molar-refractivity contribution in [2.24, 2.45) is 0 Å². The molecule has 0 aromatic heterocycles. The van der Waals surface area contributed by atoms with Gasteiger partial charge in [0, 0.05) is 14.0 Å². The van der Waals surface area contributed by atoms with Crippen molar-refractivity contribution in [2.75, 3.05) is 13.7 Å². The van der Waals surface area contributed by atoms with Crippen molar-refractivity contribution in [3.63, 3.8) is 0 Å². The summed E-state index contributed by atoms with van der Waals surface area (Å²) < 4.78 is 20.8. The van der Waals surface area contributed by atoms with E-state index in [0.717, 1.165) is 0 Å². The molecule has 0 unspecified atom stereocenters. The lowest BCUT2D eigenvalue weighted by Crippen LogP contribution is -2.57. The summed E-state index contributed by atoms with van der Waals surface area (Å²) in [5.41, 5.74) is 0. The molecule has 0 amide bonds. The minimum absolute atomic E-state index is 0.408. The summed E-state index contributed by atoms with van der Waals surface area (Å²) in [5, 5.41) is 28.4. The average molecular weight is 236 g/mol. The number of hydrogen-bond donors (Lipinski definition) is 3. The summed E-state index contributed by atoms with van der Waals surface area (Å²) in [4.78, 5) is 0. The molecule has 7 heteroatoms. The third kappa shape index (κ3) is 1.84. The van der Waals surface area contributed by atoms with Crippen LogP contribution in [0.5, 0.6) is 0 Å². The smallest absolute Gasteiger partial charge is 0.282 e. The Balaban J connectivity index is 2.13. The predicted octanol–water partition coefficient (Wildman–Crippen LogP) is -1.84. The third-order valence-corrected chi connectivity index (χ3v) is 2.88. The molecule has 0 bridgehead atoms. The van der Waals surface area contributed by atoms with Crippen LogP contribution in [0.4, 0.5) is 0 Å². The van der Waals surface area contributed by atoms with E-state index in [1.54, 1.807) is 0 Å². The number of rotatable bonds is 2. The highest BCUT2D eigenvalue weighted by molar-refractivity contribution is 4.93. The van der Waals surface area contributed by atoms with Gasteiger partial charge in [-0.3, -0.25) is 4.74 Å². The van der Waals surface area contributed by atoms with Crippen LogP contribution in [0.1, 0.15) is 6.92 Å². The maximum Gasteiger partial charge on any atom is 0.282 e. The number of fused-ring (bicyclic) bond motifs is 1. The van der Waals surface area contributed by atoms with E-state index in [-0.39, 0.29) is 0 Å². The van der Waals surface area contributed by atoms with Crippen molar-refractivity contribution < 1.29 is 34.3 Å². The van der Waals surface area contributed by atoms with Crippen LogP contribution in [-0.2, 0) is 18.9 Å². The molecule has 2 aliphatic heterocycles. The highest BCUT2D eigenvalue weighted by atomic mass is 16.9. The molecule has 2 heterocycles. The van der Waals surface area contributed by atoms with E-state index in [2.05, 4.69) is 0 Å². The van der Waals surface area contributed by atoms with Crippen LogP contribution in [0.25, 0.3) is 0 Å². The normalized spacial score (nSPS) is 52.7. The number of ether oxygens (including phenoxy) is 4. The summed E-state index contributed by atoms with van der Waals surface area (Å²) in [7, 11) is 1.39. The van der Waals surface area contributed by atoms with E-state index in [1.807, 2.05) is 0 Å². The van der Waals surface area contributed by atoms with E-state index < -0.39 is 43.3 Å². The summed E-state index contributed by atoms with van der Waals surface area (Å²) in [6, 6.07) is 0. The van der Waals surface area contributed by atoms with Crippen LogP contribution in [0.3, 0.4) is 0 Å². The SMILES string of the molecule is CO[C@]1(C)O[C@H]2O[C@H](CO)[C@H](O)[C@H](O)[C@H]2O1. The summed E-state index contributed by atoms with van der Waals surface area (Å²) in [5.74, 6) is -1.31. The van der Waals surface area contributed by atoms with Crippen LogP contribution >= 0.6 is 0 Å². The number of hydrogen-bond acceptors (Lipinski definition) is 7. The van der Waals surface area contributed by atoms with Gasteiger partial charge in [-0.1, -0.05) is 0 Å². The van der Waals surface area contributed by atoms with Crippen LogP contribution in [0.15, 0.2) is 0 Å². The quantitative estimate of drug-likeness (QED) is 0.518. The molecule has 7 nitrogen and oxygen atoms in total. The first-order valence-electron chi connectivity index (χ1n) is 5.04. The number of methoxy groups -OCH3 is 1. The Bertz CT molecular complexity index is 260.